The zero-order valence-corrected chi connectivity index (χ0v) is 14.8. The molecule has 0 saturated carbocycles. The fourth-order valence-electron chi connectivity index (χ4n) is 2.70. The minimum atomic E-state index is -0.994. The van der Waals surface area contributed by atoms with Crippen LogP contribution < -0.4 is 4.74 Å². The number of carbonyl (C=O) groups is 2. The summed E-state index contributed by atoms with van der Waals surface area (Å²) in [5.41, 5.74) is 0.874. The number of likely N-dealkylation sites (tertiary alicyclic amines) is 1. The summed E-state index contributed by atoms with van der Waals surface area (Å²) in [7, 11) is 3.22. The van der Waals surface area contributed by atoms with Crippen molar-refractivity contribution in [2.45, 2.75) is 31.9 Å². The van der Waals surface area contributed by atoms with Crippen LogP contribution in [0.4, 0.5) is 0 Å². The average Bonchev–Trinajstić information content (AvgIpc) is 2.70. The van der Waals surface area contributed by atoms with Gasteiger partial charge < -0.3 is 19.6 Å². The Balaban J connectivity index is 1.96. The van der Waals surface area contributed by atoms with Gasteiger partial charge in [-0.2, -0.15) is 0 Å². The molecule has 6 nitrogen and oxygen atoms in total. The van der Waals surface area contributed by atoms with Gasteiger partial charge in [-0.25, -0.2) is 0 Å². The lowest BCUT2D eigenvalue weighted by Gasteiger charge is -2.25. The van der Waals surface area contributed by atoms with Gasteiger partial charge in [-0.15, -0.1) is 0 Å². The van der Waals surface area contributed by atoms with E-state index in [1.807, 2.05) is 6.07 Å². The van der Waals surface area contributed by atoms with Crippen molar-refractivity contribution in [2.24, 2.45) is 0 Å². The van der Waals surface area contributed by atoms with E-state index in [0.717, 1.165) is 18.4 Å². The lowest BCUT2D eigenvalue weighted by atomic mass is 10.2. The molecular weight excluding hydrogens is 332 g/mol. The highest BCUT2D eigenvalue weighted by molar-refractivity contribution is 6.32. The minimum absolute atomic E-state index is 0.0176. The SMILES string of the molecule is COc1ccc(CN(C)C(=O)CN2CCCCC(O)C2=O)cc1Cl. The highest BCUT2D eigenvalue weighted by Crippen LogP contribution is 2.25. The predicted molar refractivity (Wildman–Crippen MR) is 90.9 cm³/mol. The number of hydrogen-bond acceptors (Lipinski definition) is 4. The van der Waals surface area contributed by atoms with Crippen LogP contribution in [0.25, 0.3) is 0 Å². The molecule has 1 unspecified atom stereocenters. The molecule has 1 aromatic rings. The molecular formula is C17H23ClN2O4. The van der Waals surface area contributed by atoms with E-state index in [0.29, 0.717) is 30.3 Å². The molecule has 0 radical (unpaired) electrons. The molecule has 0 aromatic heterocycles. The van der Waals surface area contributed by atoms with E-state index in [2.05, 4.69) is 0 Å². The van der Waals surface area contributed by atoms with E-state index in [9.17, 15) is 14.7 Å². The van der Waals surface area contributed by atoms with Gasteiger partial charge >= 0.3 is 0 Å². The molecule has 1 aliphatic rings. The third-order valence-corrected chi connectivity index (χ3v) is 4.44. The van der Waals surface area contributed by atoms with Gasteiger partial charge in [-0.05, 0) is 37.0 Å². The minimum Gasteiger partial charge on any atom is -0.495 e. The zero-order valence-electron chi connectivity index (χ0n) is 14.0. The number of aliphatic hydroxyl groups is 1. The van der Waals surface area contributed by atoms with Crippen LogP contribution in [0.15, 0.2) is 18.2 Å². The Morgan fingerprint density at radius 2 is 2.21 bits per heavy atom. The summed E-state index contributed by atoms with van der Waals surface area (Å²) in [6, 6.07) is 5.35. The zero-order chi connectivity index (χ0) is 17.7. The molecule has 132 valence electrons. The van der Waals surface area contributed by atoms with Crippen LogP contribution in [0.5, 0.6) is 5.75 Å². The maximum Gasteiger partial charge on any atom is 0.251 e. The number of methoxy groups -OCH3 is 1. The summed E-state index contributed by atoms with van der Waals surface area (Å²) in [5.74, 6) is 0.0460. The number of hydrogen-bond donors (Lipinski definition) is 1. The Bertz CT molecular complexity index is 608. The quantitative estimate of drug-likeness (QED) is 0.873. The first-order valence-corrected chi connectivity index (χ1v) is 8.33. The molecule has 2 rings (SSSR count). The fourth-order valence-corrected chi connectivity index (χ4v) is 2.98. The fraction of sp³-hybridized carbons (Fsp3) is 0.529. The number of carbonyl (C=O) groups excluding carboxylic acids is 2. The van der Waals surface area contributed by atoms with Crippen molar-refractivity contribution in [3.8, 4) is 5.75 Å². The van der Waals surface area contributed by atoms with Crippen LogP contribution in [0.3, 0.4) is 0 Å². The van der Waals surface area contributed by atoms with Crippen molar-refractivity contribution in [2.75, 3.05) is 27.2 Å². The largest absolute Gasteiger partial charge is 0.495 e. The standard InChI is InChI=1S/C17H23ClN2O4/c1-19(10-12-6-7-15(24-2)13(18)9-12)16(22)11-20-8-4-3-5-14(21)17(20)23/h6-7,9,14,21H,3-5,8,10-11H2,1-2H3. The second-order valence-corrected chi connectivity index (χ2v) is 6.40. The summed E-state index contributed by atoms with van der Waals surface area (Å²) in [6.45, 7) is 0.868. The maximum absolute atomic E-state index is 12.4. The Morgan fingerprint density at radius 3 is 2.88 bits per heavy atom. The Hall–Kier alpha value is -1.79. The van der Waals surface area contributed by atoms with Gasteiger partial charge in [0.05, 0.1) is 18.7 Å². The second kappa shape index (κ2) is 8.35. The average molecular weight is 355 g/mol. The first kappa shape index (κ1) is 18.5. The Labute approximate surface area is 146 Å². The third-order valence-electron chi connectivity index (χ3n) is 4.14. The molecule has 1 N–H and O–H groups in total. The molecule has 0 bridgehead atoms. The van der Waals surface area contributed by atoms with Crippen LogP contribution >= 0.6 is 11.6 Å². The van der Waals surface area contributed by atoms with Crippen molar-refractivity contribution in [3.63, 3.8) is 0 Å². The smallest absolute Gasteiger partial charge is 0.251 e. The summed E-state index contributed by atoms with van der Waals surface area (Å²) in [5, 5.41) is 10.2. The topological polar surface area (TPSA) is 70.1 Å². The van der Waals surface area contributed by atoms with Crippen molar-refractivity contribution >= 4 is 23.4 Å². The number of rotatable bonds is 5. The summed E-state index contributed by atoms with van der Waals surface area (Å²) < 4.78 is 5.11. The van der Waals surface area contributed by atoms with Gasteiger partial charge in [0.1, 0.15) is 11.9 Å². The first-order valence-electron chi connectivity index (χ1n) is 7.95. The molecule has 1 atom stereocenters. The van der Waals surface area contributed by atoms with E-state index < -0.39 is 6.10 Å². The molecule has 24 heavy (non-hydrogen) atoms. The molecule has 0 aliphatic carbocycles. The number of ether oxygens (including phenoxy) is 1. The number of nitrogens with zero attached hydrogens (tertiary/aromatic N) is 2. The van der Waals surface area contributed by atoms with Gasteiger partial charge in [0.25, 0.3) is 5.91 Å². The normalized spacial score (nSPS) is 18.2. The highest BCUT2D eigenvalue weighted by atomic mass is 35.5. The van der Waals surface area contributed by atoms with Crippen molar-refractivity contribution in [1.29, 1.82) is 0 Å². The van der Waals surface area contributed by atoms with Crippen LogP contribution in [0.1, 0.15) is 24.8 Å². The van der Waals surface area contributed by atoms with Crippen molar-refractivity contribution in [3.05, 3.63) is 28.8 Å². The monoisotopic (exact) mass is 354 g/mol. The lowest BCUT2D eigenvalue weighted by Crippen LogP contribution is -2.44. The number of aliphatic hydroxyl groups excluding tert-OH is 1. The number of benzene rings is 1. The molecule has 1 heterocycles. The van der Waals surface area contributed by atoms with Crippen LogP contribution in [-0.4, -0.2) is 60.1 Å². The summed E-state index contributed by atoms with van der Waals surface area (Å²) in [4.78, 5) is 27.4. The van der Waals surface area contributed by atoms with Gasteiger partial charge in [0.15, 0.2) is 0 Å². The number of amides is 2. The number of halogens is 1. The van der Waals surface area contributed by atoms with Crippen molar-refractivity contribution < 1.29 is 19.4 Å². The van der Waals surface area contributed by atoms with E-state index in [4.69, 9.17) is 16.3 Å². The summed E-state index contributed by atoms with van der Waals surface area (Å²) in [6.07, 6.45) is 1.06. The third kappa shape index (κ3) is 4.61. The van der Waals surface area contributed by atoms with Gasteiger partial charge in [0.2, 0.25) is 5.91 Å². The van der Waals surface area contributed by atoms with E-state index in [1.54, 1.807) is 31.2 Å². The molecule has 1 aromatic carbocycles. The lowest BCUT2D eigenvalue weighted by molar-refractivity contribution is -0.145. The number of likely N-dealkylation sites (N-methyl/N-ethyl adjacent to an activating group) is 1. The highest BCUT2D eigenvalue weighted by Gasteiger charge is 2.27. The first-order chi connectivity index (χ1) is 11.4. The second-order valence-electron chi connectivity index (χ2n) is 5.99. The van der Waals surface area contributed by atoms with Gasteiger partial charge in [-0.3, -0.25) is 9.59 Å². The molecule has 2 amide bonds. The van der Waals surface area contributed by atoms with Crippen LogP contribution in [0.2, 0.25) is 5.02 Å². The molecule has 1 saturated heterocycles. The summed E-state index contributed by atoms with van der Waals surface area (Å²) >= 11 is 6.09. The van der Waals surface area contributed by atoms with Gasteiger partial charge in [-0.1, -0.05) is 17.7 Å². The predicted octanol–water partition coefficient (Wildman–Crippen LogP) is 1.68. The van der Waals surface area contributed by atoms with E-state index in [1.165, 1.54) is 4.90 Å². The van der Waals surface area contributed by atoms with E-state index >= 15 is 0 Å². The molecule has 1 fully saturated rings. The molecule has 7 heteroatoms. The Kier molecular flexibility index (Phi) is 6.45. The van der Waals surface area contributed by atoms with Gasteiger partial charge in [0, 0.05) is 20.1 Å². The molecule has 0 spiro atoms. The van der Waals surface area contributed by atoms with E-state index in [-0.39, 0.29) is 18.4 Å². The molecule has 1 aliphatic heterocycles. The van der Waals surface area contributed by atoms with Crippen molar-refractivity contribution in [1.82, 2.24) is 9.80 Å². The maximum atomic E-state index is 12.4. The Morgan fingerprint density at radius 1 is 1.46 bits per heavy atom. The van der Waals surface area contributed by atoms with Crippen LogP contribution in [0, 0.1) is 0 Å². The van der Waals surface area contributed by atoms with Crippen LogP contribution in [-0.2, 0) is 16.1 Å².